The van der Waals surface area contributed by atoms with E-state index in [1.807, 2.05) is 76.4 Å². The molecule has 7 rings (SSSR count). The summed E-state index contributed by atoms with van der Waals surface area (Å²) in [5.74, 6) is -0.915. The van der Waals surface area contributed by atoms with E-state index >= 15 is 0 Å². The van der Waals surface area contributed by atoms with Crippen LogP contribution in [0.15, 0.2) is 136 Å². The van der Waals surface area contributed by atoms with Gasteiger partial charge in [0.05, 0.1) is 29.9 Å². The van der Waals surface area contributed by atoms with Gasteiger partial charge in [-0.15, -0.1) is 11.8 Å². The van der Waals surface area contributed by atoms with Crippen molar-refractivity contribution in [3.8, 4) is 11.1 Å². The second-order valence-corrected chi connectivity index (χ2v) is 24.7. The van der Waals surface area contributed by atoms with E-state index in [-0.39, 0.29) is 17.5 Å². The fourth-order valence-electron chi connectivity index (χ4n) is 9.33. The van der Waals surface area contributed by atoms with Crippen LogP contribution in [0.1, 0.15) is 55.1 Å². The molecule has 4 N–H and O–H groups in total. The van der Waals surface area contributed by atoms with E-state index in [9.17, 15) is 49.2 Å². The van der Waals surface area contributed by atoms with Crippen LogP contribution < -0.4 is 14.9 Å². The number of piperidine rings is 1. The summed E-state index contributed by atoms with van der Waals surface area (Å²) < 4.78 is 127. The molecule has 5 aromatic carbocycles. The van der Waals surface area contributed by atoms with Crippen LogP contribution in [0.2, 0.25) is 5.02 Å². The smallest absolute Gasteiger partial charge is 0.380 e. The summed E-state index contributed by atoms with van der Waals surface area (Å²) in [6.07, 6.45) is 0.891. The van der Waals surface area contributed by atoms with Crippen LogP contribution in [0.25, 0.3) is 11.1 Å². The molecular weight excluding hydrogens is 1090 g/mol. The molecule has 3 atom stereocenters. The summed E-state index contributed by atoms with van der Waals surface area (Å²) in [4.78, 5) is 37.6. The second kappa shape index (κ2) is 26.4. The molecule has 2 heterocycles. The lowest BCUT2D eigenvalue weighted by molar-refractivity contribution is -0.0755. The lowest BCUT2D eigenvalue weighted by Crippen LogP contribution is -2.52. The van der Waals surface area contributed by atoms with Crippen LogP contribution in [0.5, 0.6) is 0 Å². The van der Waals surface area contributed by atoms with Crippen molar-refractivity contribution in [1.29, 1.82) is 0 Å². The highest BCUT2D eigenvalue weighted by Crippen LogP contribution is 2.42. The number of benzene rings is 5. The van der Waals surface area contributed by atoms with Crippen LogP contribution in [-0.2, 0) is 38.4 Å². The number of sulfonamides is 1. The lowest BCUT2D eigenvalue weighted by atomic mass is 9.84. The number of halogens is 4. The Labute approximate surface area is 451 Å². The number of phosphoric acid groups is 1. The third-order valence-corrected chi connectivity index (χ3v) is 18.2. The Morgan fingerprint density at radius 1 is 0.908 bits per heavy atom. The number of nitrogens with zero attached hydrogens (tertiary/aromatic N) is 3. The van der Waals surface area contributed by atoms with Crippen molar-refractivity contribution in [3.05, 3.63) is 137 Å². The van der Waals surface area contributed by atoms with Crippen molar-refractivity contribution >= 4 is 68.3 Å². The SMILES string of the molecule is CCN(CC)CC1COCCN1CCC(CSc1ccccc1)Nc1ccc(S(=O)(=O)NC(=O)c2ccc(N3CCC([C@@H](OCOP(=O)(O)O)c4ccccc4-c4ccc(Cl)cc4)CC3)cc2)cc1S(=O)(=O)C(F)(F)F. The number of carbonyl (C=O) groups is 1. The Kier molecular flexibility index (Phi) is 20.5. The molecule has 2 aliphatic rings. The van der Waals surface area contributed by atoms with Gasteiger partial charge in [-0.2, -0.15) is 13.2 Å². The first-order chi connectivity index (χ1) is 36.2. The minimum Gasteiger partial charge on any atom is -0.380 e. The number of ether oxygens (including phenoxy) is 2. The number of thioether (sulfide) groups is 1. The summed E-state index contributed by atoms with van der Waals surface area (Å²) in [5.41, 5.74) is -3.17. The molecule has 0 saturated carbocycles. The van der Waals surface area contributed by atoms with E-state index in [0.717, 1.165) is 53.4 Å². The highest BCUT2D eigenvalue weighted by atomic mass is 35.5. The van der Waals surface area contributed by atoms with E-state index in [1.54, 1.807) is 24.3 Å². The van der Waals surface area contributed by atoms with E-state index in [4.69, 9.17) is 21.1 Å². The van der Waals surface area contributed by atoms with Gasteiger partial charge in [0.2, 0.25) is 0 Å². The van der Waals surface area contributed by atoms with Crippen LogP contribution >= 0.6 is 31.2 Å². The van der Waals surface area contributed by atoms with Gasteiger partial charge >= 0.3 is 13.3 Å². The van der Waals surface area contributed by atoms with Gasteiger partial charge in [0, 0.05) is 71.7 Å². The molecule has 5 aromatic rings. The molecule has 412 valence electrons. The van der Waals surface area contributed by atoms with Gasteiger partial charge in [-0.3, -0.25) is 14.2 Å². The number of hydrogen-bond acceptors (Lipinski definition) is 14. The average Bonchev–Trinajstić information content (AvgIpc) is 3.40. The summed E-state index contributed by atoms with van der Waals surface area (Å²) in [6, 6.07) is 31.9. The molecule has 16 nitrogen and oxygen atoms in total. The first kappa shape index (κ1) is 59.1. The number of alkyl halides is 3. The van der Waals surface area contributed by atoms with Crippen LogP contribution in [0.3, 0.4) is 0 Å². The highest BCUT2D eigenvalue weighted by Gasteiger charge is 2.48. The molecule has 0 aliphatic carbocycles. The van der Waals surface area contributed by atoms with Crippen LogP contribution in [0, 0.1) is 5.92 Å². The maximum absolute atomic E-state index is 14.4. The normalized spacial score (nSPS) is 17.1. The molecular formula is C52H62ClF3N5O11PS3. The Bertz CT molecular complexity index is 2990. The lowest BCUT2D eigenvalue weighted by Gasteiger charge is -2.39. The third-order valence-electron chi connectivity index (χ3n) is 13.5. The minimum absolute atomic E-state index is 0.0606. The maximum atomic E-state index is 14.4. The first-order valence-corrected chi connectivity index (χ1v) is 30.5. The predicted octanol–water partition coefficient (Wildman–Crippen LogP) is 9.47. The van der Waals surface area contributed by atoms with Crippen LogP contribution in [0.4, 0.5) is 24.5 Å². The van der Waals surface area contributed by atoms with Gasteiger partial charge in [0.1, 0.15) is 4.90 Å². The molecule has 0 bridgehead atoms. The number of morpholine rings is 1. The number of hydrogen-bond donors (Lipinski definition) is 4. The fraction of sp³-hybridized carbons (Fsp3) is 0.404. The molecule has 2 aliphatic heterocycles. The Morgan fingerprint density at radius 3 is 2.24 bits per heavy atom. The quantitative estimate of drug-likeness (QED) is 0.0258. The number of anilines is 2. The second-order valence-electron chi connectivity index (χ2n) is 18.3. The molecule has 24 heteroatoms. The van der Waals surface area contributed by atoms with Gasteiger partial charge in [-0.1, -0.05) is 80.0 Å². The number of rotatable bonds is 24. The van der Waals surface area contributed by atoms with E-state index in [0.29, 0.717) is 81.2 Å². The van der Waals surface area contributed by atoms with Gasteiger partial charge < -0.3 is 34.4 Å². The third kappa shape index (κ3) is 15.8. The Hall–Kier alpha value is -4.55. The molecule has 0 radical (unpaired) electrons. The Morgan fingerprint density at radius 2 is 1.58 bits per heavy atom. The molecule has 76 heavy (non-hydrogen) atoms. The standard InChI is InChI=1S/C52H62ClF3N5O11PS3/c1-3-59(4-2)33-43-34-70-31-30-61(43)29-26-41(35-74-44-10-6-5-7-11-44)57-48-23-22-45(32-49(48)75(66,67)52(54,55)56)76(68,69)58-51(62)39-16-20-42(21-17-39)60-27-24-38(25-28-60)50(71-36-72-73(63,64)65)47-13-9-8-12-46(47)37-14-18-40(53)19-15-37/h5-23,32,38,41,43,50,57H,3-4,24-31,33-36H2,1-2H3,(H,58,62)(H2,63,64,65)/t41?,43?,50-/m1/s1. The number of amides is 1. The maximum Gasteiger partial charge on any atom is 0.501 e. The van der Waals surface area contributed by atoms with Crippen molar-refractivity contribution in [2.75, 3.05) is 81.8 Å². The first-order valence-electron chi connectivity index (χ1n) is 24.7. The van der Waals surface area contributed by atoms with Crippen molar-refractivity contribution in [2.24, 2.45) is 5.92 Å². The Balaban J connectivity index is 1.05. The monoisotopic (exact) mass is 1150 g/mol. The van der Waals surface area contributed by atoms with Gasteiger partial charge in [-0.25, -0.2) is 26.1 Å². The highest BCUT2D eigenvalue weighted by molar-refractivity contribution is 7.99. The summed E-state index contributed by atoms with van der Waals surface area (Å²) in [6.45, 7) is 9.08. The van der Waals surface area contributed by atoms with Gasteiger partial charge in [-0.05, 0) is 122 Å². The topological polar surface area (TPSA) is 204 Å². The number of sulfone groups is 1. The average molecular weight is 1150 g/mol. The fourth-order valence-corrected chi connectivity index (χ4v) is 12.7. The predicted molar refractivity (Wildman–Crippen MR) is 288 cm³/mol. The van der Waals surface area contributed by atoms with Crippen molar-refractivity contribution < 1.29 is 63.2 Å². The summed E-state index contributed by atoms with van der Waals surface area (Å²) in [7, 11) is -15.9. The molecule has 1 amide bonds. The zero-order valence-electron chi connectivity index (χ0n) is 41.9. The number of phosphoric ester groups is 1. The minimum atomic E-state index is -6.14. The van der Waals surface area contributed by atoms with Crippen molar-refractivity contribution in [3.63, 3.8) is 0 Å². The van der Waals surface area contributed by atoms with Gasteiger partial charge in [0.25, 0.3) is 25.8 Å². The van der Waals surface area contributed by atoms with E-state index in [1.165, 1.54) is 23.9 Å². The van der Waals surface area contributed by atoms with Crippen molar-refractivity contribution in [2.45, 2.75) is 71.5 Å². The van der Waals surface area contributed by atoms with E-state index < -0.39 is 73.5 Å². The number of carbonyl (C=O) groups excluding carboxylic acids is 1. The van der Waals surface area contributed by atoms with Crippen molar-refractivity contribution in [1.82, 2.24) is 14.5 Å². The molecule has 2 unspecified atom stereocenters. The van der Waals surface area contributed by atoms with Crippen LogP contribution in [-0.4, -0.2) is 131 Å². The van der Waals surface area contributed by atoms with E-state index in [2.05, 4.69) is 33.5 Å². The summed E-state index contributed by atoms with van der Waals surface area (Å²) in [5, 5.41) is 3.59. The molecule has 2 fully saturated rings. The molecule has 2 saturated heterocycles. The molecule has 0 spiro atoms. The summed E-state index contributed by atoms with van der Waals surface area (Å²) >= 11 is 7.59. The van der Waals surface area contributed by atoms with Gasteiger partial charge in [0.15, 0.2) is 6.79 Å². The molecule has 0 aromatic heterocycles. The zero-order valence-corrected chi connectivity index (χ0v) is 45.9. The number of nitrogens with one attached hydrogen (secondary N) is 2. The largest absolute Gasteiger partial charge is 0.501 e. The number of likely N-dealkylation sites (N-methyl/N-ethyl adjacent to an activating group) is 1. The zero-order chi connectivity index (χ0) is 54.7.